The maximum atomic E-state index is 12.2. The molecule has 2 aromatic rings. The summed E-state index contributed by atoms with van der Waals surface area (Å²) in [6.07, 6.45) is 0.779. The molecule has 1 heterocycles. The second kappa shape index (κ2) is 8.91. The quantitative estimate of drug-likeness (QED) is 0.832. The highest BCUT2D eigenvalue weighted by molar-refractivity contribution is 7.14. The van der Waals surface area contributed by atoms with Crippen molar-refractivity contribution in [2.24, 2.45) is 5.73 Å². The van der Waals surface area contributed by atoms with Crippen molar-refractivity contribution in [1.82, 2.24) is 5.32 Å². The molecule has 0 saturated carbocycles. The third kappa shape index (κ3) is 5.23. The Morgan fingerprint density at radius 3 is 2.57 bits per heavy atom. The number of benzene rings is 1. The number of halogens is 1. The number of rotatable bonds is 6. The molecule has 0 spiro atoms. The lowest BCUT2D eigenvalue weighted by Gasteiger charge is -2.05. The van der Waals surface area contributed by atoms with Crippen LogP contribution in [0, 0.1) is 6.92 Å². The topological polar surface area (TPSA) is 64.3 Å². The number of hydrogen-bond acceptors (Lipinski definition) is 4. The van der Waals surface area contributed by atoms with E-state index in [1.165, 1.54) is 11.3 Å². The lowest BCUT2D eigenvalue weighted by Crippen LogP contribution is -2.28. The van der Waals surface area contributed by atoms with Crippen molar-refractivity contribution in [2.75, 3.05) is 13.7 Å². The van der Waals surface area contributed by atoms with Gasteiger partial charge in [0.25, 0.3) is 5.91 Å². The first-order chi connectivity index (χ1) is 10.5. The third-order valence-electron chi connectivity index (χ3n) is 3.43. The summed E-state index contributed by atoms with van der Waals surface area (Å²) in [5, 5.41) is 2.91. The van der Waals surface area contributed by atoms with E-state index < -0.39 is 0 Å². The molecule has 126 valence electrons. The van der Waals surface area contributed by atoms with Crippen molar-refractivity contribution >= 4 is 29.7 Å². The summed E-state index contributed by atoms with van der Waals surface area (Å²) in [6, 6.07) is 9.91. The zero-order valence-corrected chi connectivity index (χ0v) is 15.2. The molecule has 0 aliphatic carbocycles. The Morgan fingerprint density at radius 2 is 2.00 bits per heavy atom. The number of hydrogen-bond donors (Lipinski definition) is 2. The largest absolute Gasteiger partial charge is 0.497 e. The highest BCUT2D eigenvalue weighted by Crippen LogP contribution is 2.31. The van der Waals surface area contributed by atoms with Crippen LogP contribution in [0.4, 0.5) is 0 Å². The Labute approximate surface area is 147 Å². The number of aryl methyl sites for hydroxylation is 1. The van der Waals surface area contributed by atoms with Crippen LogP contribution in [-0.2, 0) is 0 Å². The van der Waals surface area contributed by atoms with Crippen LogP contribution in [0.2, 0.25) is 0 Å². The maximum absolute atomic E-state index is 12.2. The van der Waals surface area contributed by atoms with Crippen LogP contribution in [0.1, 0.15) is 27.9 Å². The van der Waals surface area contributed by atoms with Gasteiger partial charge < -0.3 is 15.8 Å². The first-order valence-corrected chi connectivity index (χ1v) is 8.11. The predicted molar refractivity (Wildman–Crippen MR) is 98.9 cm³/mol. The number of amides is 1. The molecular weight excluding hydrogens is 332 g/mol. The number of ether oxygens (including phenoxy) is 1. The van der Waals surface area contributed by atoms with Crippen LogP contribution < -0.4 is 15.8 Å². The standard InChI is InChI=1S/C17H22N2O2S.ClH/c1-11(18)8-9-19-17(20)16-10-15(12(2)22-16)13-4-6-14(21-3)7-5-13;/h4-7,10-11H,8-9,18H2,1-3H3,(H,19,20);1H. The van der Waals surface area contributed by atoms with Gasteiger partial charge in [-0.3, -0.25) is 4.79 Å². The van der Waals surface area contributed by atoms with Gasteiger partial charge in [-0.05, 0) is 49.6 Å². The predicted octanol–water partition coefficient (Wildman–Crippen LogP) is 3.62. The van der Waals surface area contributed by atoms with Gasteiger partial charge in [0.2, 0.25) is 0 Å². The lowest BCUT2D eigenvalue weighted by atomic mass is 10.1. The van der Waals surface area contributed by atoms with Crippen molar-refractivity contribution < 1.29 is 9.53 Å². The number of nitrogens with two attached hydrogens (primary N) is 1. The molecule has 0 aliphatic rings. The zero-order valence-electron chi connectivity index (χ0n) is 13.6. The maximum Gasteiger partial charge on any atom is 0.261 e. The van der Waals surface area contributed by atoms with Crippen LogP contribution in [0.25, 0.3) is 11.1 Å². The number of thiophene rings is 1. The van der Waals surface area contributed by atoms with Gasteiger partial charge in [-0.15, -0.1) is 23.7 Å². The molecular formula is C17H23ClN2O2S. The Hall–Kier alpha value is -1.56. The number of methoxy groups -OCH3 is 1. The molecule has 0 fully saturated rings. The van der Waals surface area contributed by atoms with E-state index in [2.05, 4.69) is 5.32 Å². The fraction of sp³-hybridized carbons (Fsp3) is 0.353. The van der Waals surface area contributed by atoms with E-state index in [1.54, 1.807) is 7.11 Å². The van der Waals surface area contributed by atoms with E-state index in [-0.39, 0.29) is 24.4 Å². The molecule has 1 amide bonds. The first kappa shape index (κ1) is 19.5. The lowest BCUT2D eigenvalue weighted by molar-refractivity contribution is 0.0957. The van der Waals surface area contributed by atoms with E-state index in [9.17, 15) is 4.79 Å². The van der Waals surface area contributed by atoms with Gasteiger partial charge in [0.05, 0.1) is 12.0 Å². The SMILES string of the molecule is COc1ccc(-c2cc(C(=O)NCCC(C)N)sc2C)cc1.Cl. The van der Waals surface area contributed by atoms with Crippen LogP contribution in [-0.4, -0.2) is 25.6 Å². The molecule has 1 atom stereocenters. The average molecular weight is 355 g/mol. The van der Waals surface area contributed by atoms with Gasteiger partial charge >= 0.3 is 0 Å². The summed E-state index contributed by atoms with van der Waals surface area (Å²) in [6.45, 7) is 4.57. The van der Waals surface area contributed by atoms with Crippen molar-refractivity contribution in [3.8, 4) is 16.9 Å². The summed E-state index contributed by atoms with van der Waals surface area (Å²) >= 11 is 1.51. The van der Waals surface area contributed by atoms with Gasteiger partial charge in [-0.2, -0.15) is 0 Å². The summed E-state index contributed by atoms with van der Waals surface area (Å²) in [5.41, 5.74) is 7.86. The highest BCUT2D eigenvalue weighted by atomic mass is 35.5. The van der Waals surface area contributed by atoms with Crippen LogP contribution >= 0.6 is 23.7 Å². The van der Waals surface area contributed by atoms with Crippen LogP contribution in [0.15, 0.2) is 30.3 Å². The van der Waals surface area contributed by atoms with Crippen LogP contribution in [0.5, 0.6) is 5.75 Å². The summed E-state index contributed by atoms with van der Waals surface area (Å²) < 4.78 is 5.17. The minimum absolute atomic E-state index is 0. The molecule has 0 radical (unpaired) electrons. The smallest absolute Gasteiger partial charge is 0.261 e. The summed E-state index contributed by atoms with van der Waals surface area (Å²) in [7, 11) is 1.65. The monoisotopic (exact) mass is 354 g/mol. The Bertz CT molecular complexity index is 639. The number of carbonyl (C=O) groups excluding carboxylic acids is 1. The normalized spacial score (nSPS) is 11.5. The fourth-order valence-corrected chi connectivity index (χ4v) is 3.11. The van der Waals surface area contributed by atoms with E-state index >= 15 is 0 Å². The molecule has 0 saturated heterocycles. The van der Waals surface area contributed by atoms with E-state index in [0.717, 1.165) is 33.1 Å². The minimum Gasteiger partial charge on any atom is -0.497 e. The van der Waals surface area contributed by atoms with Crippen molar-refractivity contribution in [2.45, 2.75) is 26.3 Å². The second-order valence-corrected chi connectivity index (χ2v) is 6.59. The highest BCUT2D eigenvalue weighted by Gasteiger charge is 2.13. The van der Waals surface area contributed by atoms with Gasteiger partial charge in [0.1, 0.15) is 5.75 Å². The average Bonchev–Trinajstić information content (AvgIpc) is 2.89. The number of nitrogens with one attached hydrogen (secondary N) is 1. The van der Waals surface area contributed by atoms with Gasteiger partial charge in [-0.25, -0.2) is 0 Å². The summed E-state index contributed by atoms with van der Waals surface area (Å²) in [4.78, 5) is 14.0. The van der Waals surface area contributed by atoms with Gasteiger partial charge in [-0.1, -0.05) is 12.1 Å². The van der Waals surface area contributed by atoms with Crippen LogP contribution in [0.3, 0.4) is 0 Å². The molecule has 3 N–H and O–H groups in total. The first-order valence-electron chi connectivity index (χ1n) is 7.30. The van der Waals surface area contributed by atoms with Gasteiger partial charge in [0.15, 0.2) is 0 Å². The summed E-state index contributed by atoms with van der Waals surface area (Å²) in [5.74, 6) is 0.791. The third-order valence-corrected chi connectivity index (χ3v) is 4.48. The van der Waals surface area contributed by atoms with Crippen molar-refractivity contribution in [3.05, 3.63) is 40.1 Å². The fourth-order valence-electron chi connectivity index (χ4n) is 2.15. The molecule has 0 bridgehead atoms. The Kier molecular flexibility index (Phi) is 7.55. The molecule has 1 aromatic carbocycles. The molecule has 0 aliphatic heterocycles. The van der Waals surface area contributed by atoms with Crippen molar-refractivity contribution in [1.29, 1.82) is 0 Å². The second-order valence-electron chi connectivity index (χ2n) is 5.33. The van der Waals surface area contributed by atoms with E-state index in [1.807, 2.05) is 44.2 Å². The molecule has 2 rings (SSSR count). The van der Waals surface area contributed by atoms with E-state index in [4.69, 9.17) is 10.5 Å². The minimum atomic E-state index is -0.0338. The Morgan fingerprint density at radius 1 is 1.35 bits per heavy atom. The molecule has 6 heteroatoms. The van der Waals surface area contributed by atoms with Gasteiger partial charge in [0, 0.05) is 17.5 Å². The molecule has 1 unspecified atom stereocenters. The van der Waals surface area contributed by atoms with Crippen molar-refractivity contribution in [3.63, 3.8) is 0 Å². The Balaban J connectivity index is 0.00000264. The molecule has 1 aromatic heterocycles. The molecule has 4 nitrogen and oxygen atoms in total. The van der Waals surface area contributed by atoms with E-state index in [0.29, 0.717) is 6.54 Å². The molecule has 23 heavy (non-hydrogen) atoms. The number of carbonyl (C=O) groups is 1. The zero-order chi connectivity index (χ0) is 16.1.